The molecule has 0 heterocycles. The van der Waals surface area contributed by atoms with E-state index < -0.39 is 0 Å². The summed E-state index contributed by atoms with van der Waals surface area (Å²) in [6.07, 6.45) is 0.173. The van der Waals surface area contributed by atoms with Gasteiger partial charge in [0, 0.05) is 31.8 Å². The van der Waals surface area contributed by atoms with Crippen LogP contribution in [0.1, 0.15) is 25.0 Å². The predicted octanol–water partition coefficient (Wildman–Crippen LogP) is 3.36. The summed E-state index contributed by atoms with van der Waals surface area (Å²) < 4.78 is 16.3. The maximum absolute atomic E-state index is 5.66. The molecule has 2 N–H and O–H groups in total. The Morgan fingerprint density at radius 3 is 2.19 bits per heavy atom. The molecule has 0 saturated heterocycles. The van der Waals surface area contributed by atoms with Gasteiger partial charge in [-0.25, -0.2) is 0 Å². The van der Waals surface area contributed by atoms with Crippen LogP contribution in [0.4, 0.5) is 0 Å². The Labute approximate surface area is 161 Å². The van der Waals surface area contributed by atoms with E-state index in [-0.39, 0.29) is 6.10 Å². The van der Waals surface area contributed by atoms with E-state index >= 15 is 0 Å². The summed E-state index contributed by atoms with van der Waals surface area (Å²) in [5.74, 6) is 3.14. The van der Waals surface area contributed by atoms with Gasteiger partial charge in [0.1, 0.15) is 17.2 Å². The van der Waals surface area contributed by atoms with Gasteiger partial charge in [0.15, 0.2) is 5.96 Å². The van der Waals surface area contributed by atoms with Gasteiger partial charge in [0.25, 0.3) is 0 Å². The fraction of sp³-hybridized carbons (Fsp3) is 0.381. The van der Waals surface area contributed by atoms with Crippen LogP contribution in [0.25, 0.3) is 0 Å². The van der Waals surface area contributed by atoms with E-state index in [2.05, 4.69) is 15.6 Å². The SMILES string of the molecule is CN=C(NCc1ccc(OC(C)C)cc1)NCc1ccc(OC)cc1OC. The van der Waals surface area contributed by atoms with Crippen LogP contribution in [-0.4, -0.2) is 33.3 Å². The minimum absolute atomic E-state index is 0.173. The lowest BCUT2D eigenvalue weighted by Gasteiger charge is -2.15. The number of guanidine groups is 1. The van der Waals surface area contributed by atoms with Crippen molar-refractivity contribution in [1.29, 1.82) is 0 Å². The highest BCUT2D eigenvalue weighted by Gasteiger charge is 2.06. The van der Waals surface area contributed by atoms with Crippen molar-refractivity contribution >= 4 is 5.96 Å². The first-order valence-corrected chi connectivity index (χ1v) is 8.96. The smallest absolute Gasteiger partial charge is 0.191 e. The number of hydrogen-bond donors (Lipinski definition) is 2. The summed E-state index contributed by atoms with van der Waals surface area (Å²) >= 11 is 0. The van der Waals surface area contributed by atoms with E-state index in [1.54, 1.807) is 21.3 Å². The summed E-state index contributed by atoms with van der Waals surface area (Å²) in [6.45, 7) is 5.29. The van der Waals surface area contributed by atoms with Crippen molar-refractivity contribution in [3.05, 3.63) is 53.6 Å². The molecule has 0 aliphatic heterocycles. The highest BCUT2D eigenvalue weighted by Crippen LogP contribution is 2.24. The molecule has 0 bridgehead atoms. The lowest BCUT2D eigenvalue weighted by molar-refractivity contribution is 0.242. The molecule has 6 nitrogen and oxygen atoms in total. The average molecular weight is 371 g/mol. The van der Waals surface area contributed by atoms with Gasteiger partial charge in [-0.15, -0.1) is 0 Å². The van der Waals surface area contributed by atoms with Crippen LogP contribution < -0.4 is 24.8 Å². The van der Waals surface area contributed by atoms with Crippen LogP contribution in [0.5, 0.6) is 17.2 Å². The Morgan fingerprint density at radius 2 is 1.59 bits per heavy atom. The number of rotatable bonds is 8. The largest absolute Gasteiger partial charge is 0.497 e. The van der Waals surface area contributed by atoms with Gasteiger partial charge >= 0.3 is 0 Å². The lowest BCUT2D eigenvalue weighted by Crippen LogP contribution is -2.36. The Morgan fingerprint density at radius 1 is 0.926 bits per heavy atom. The van der Waals surface area contributed by atoms with Crippen molar-refractivity contribution in [2.45, 2.75) is 33.0 Å². The maximum atomic E-state index is 5.66. The first-order valence-electron chi connectivity index (χ1n) is 8.96. The number of nitrogens with one attached hydrogen (secondary N) is 2. The van der Waals surface area contributed by atoms with Crippen LogP contribution in [0, 0.1) is 0 Å². The Balaban J connectivity index is 1.89. The first-order chi connectivity index (χ1) is 13.0. The second kappa shape index (κ2) is 10.3. The number of methoxy groups -OCH3 is 2. The van der Waals surface area contributed by atoms with Crippen molar-refractivity contribution < 1.29 is 14.2 Å². The van der Waals surface area contributed by atoms with Crippen LogP contribution in [0.3, 0.4) is 0 Å². The van der Waals surface area contributed by atoms with Crippen molar-refractivity contribution in [2.24, 2.45) is 4.99 Å². The minimum Gasteiger partial charge on any atom is -0.497 e. The number of hydrogen-bond acceptors (Lipinski definition) is 4. The van der Waals surface area contributed by atoms with E-state index in [0.717, 1.165) is 34.3 Å². The predicted molar refractivity (Wildman–Crippen MR) is 109 cm³/mol. The van der Waals surface area contributed by atoms with Crippen molar-refractivity contribution in [3.63, 3.8) is 0 Å². The minimum atomic E-state index is 0.173. The molecular formula is C21H29N3O3. The van der Waals surface area contributed by atoms with Crippen molar-refractivity contribution in [2.75, 3.05) is 21.3 Å². The van der Waals surface area contributed by atoms with Gasteiger partial charge in [-0.1, -0.05) is 12.1 Å². The lowest BCUT2D eigenvalue weighted by atomic mass is 10.2. The van der Waals surface area contributed by atoms with Crippen LogP contribution in [0.15, 0.2) is 47.5 Å². The molecule has 0 fully saturated rings. The molecule has 0 saturated carbocycles. The summed E-state index contributed by atoms with van der Waals surface area (Å²) in [4.78, 5) is 4.27. The molecule has 0 unspecified atom stereocenters. The molecule has 0 aliphatic rings. The molecule has 2 aromatic carbocycles. The third-order valence-corrected chi connectivity index (χ3v) is 3.92. The second-order valence-electron chi connectivity index (χ2n) is 6.27. The van der Waals surface area contributed by atoms with Gasteiger partial charge in [-0.05, 0) is 43.7 Å². The molecule has 0 atom stereocenters. The molecule has 2 aromatic rings. The highest BCUT2D eigenvalue weighted by molar-refractivity contribution is 5.79. The Kier molecular flexibility index (Phi) is 7.79. The number of benzene rings is 2. The fourth-order valence-corrected chi connectivity index (χ4v) is 2.54. The van der Waals surface area contributed by atoms with Crippen molar-refractivity contribution in [3.8, 4) is 17.2 Å². The monoisotopic (exact) mass is 371 g/mol. The molecule has 0 radical (unpaired) electrons. The summed E-state index contributed by atoms with van der Waals surface area (Å²) in [6, 6.07) is 13.8. The molecule has 6 heteroatoms. The molecular weight excluding hydrogens is 342 g/mol. The van der Waals surface area contributed by atoms with E-state index in [1.165, 1.54) is 0 Å². The van der Waals surface area contributed by atoms with E-state index in [0.29, 0.717) is 13.1 Å². The number of aliphatic imine (C=N–C) groups is 1. The van der Waals surface area contributed by atoms with E-state index in [4.69, 9.17) is 14.2 Å². The van der Waals surface area contributed by atoms with Gasteiger partial charge in [-0.3, -0.25) is 4.99 Å². The molecule has 0 amide bonds. The zero-order valence-corrected chi connectivity index (χ0v) is 16.7. The van der Waals surface area contributed by atoms with Gasteiger partial charge in [-0.2, -0.15) is 0 Å². The second-order valence-corrected chi connectivity index (χ2v) is 6.27. The van der Waals surface area contributed by atoms with Gasteiger partial charge < -0.3 is 24.8 Å². The Bertz CT molecular complexity index is 743. The first kappa shape index (κ1) is 20.4. The fourth-order valence-electron chi connectivity index (χ4n) is 2.54. The summed E-state index contributed by atoms with van der Waals surface area (Å²) in [5.41, 5.74) is 2.17. The standard InChI is InChI=1S/C21H29N3O3/c1-15(2)27-18-9-6-16(7-10-18)13-23-21(22-3)24-14-17-8-11-19(25-4)12-20(17)26-5/h6-12,15H,13-14H2,1-5H3,(H2,22,23,24). The zero-order valence-electron chi connectivity index (χ0n) is 16.7. The van der Waals surface area contributed by atoms with Crippen molar-refractivity contribution in [1.82, 2.24) is 10.6 Å². The zero-order chi connectivity index (χ0) is 19.6. The number of nitrogens with zero attached hydrogens (tertiary/aromatic N) is 1. The van der Waals surface area contributed by atoms with Crippen LogP contribution in [-0.2, 0) is 13.1 Å². The van der Waals surface area contributed by atoms with Crippen LogP contribution >= 0.6 is 0 Å². The molecule has 0 spiro atoms. The number of ether oxygens (including phenoxy) is 3. The van der Waals surface area contributed by atoms with Gasteiger partial charge in [0.2, 0.25) is 0 Å². The van der Waals surface area contributed by atoms with E-state index in [1.807, 2.05) is 56.3 Å². The average Bonchev–Trinajstić information content (AvgIpc) is 2.68. The molecule has 2 rings (SSSR count). The quantitative estimate of drug-likeness (QED) is 0.550. The normalized spacial score (nSPS) is 11.3. The Hall–Kier alpha value is -2.89. The maximum Gasteiger partial charge on any atom is 0.191 e. The molecule has 0 aliphatic carbocycles. The molecule has 0 aromatic heterocycles. The molecule has 146 valence electrons. The van der Waals surface area contributed by atoms with E-state index in [9.17, 15) is 0 Å². The highest BCUT2D eigenvalue weighted by atomic mass is 16.5. The summed E-state index contributed by atoms with van der Waals surface area (Å²) in [5, 5.41) is 6.61. The third kappa shape index (κ3) is 6.40. The molecule has 27 heavy (non-hydrogen) atoms. The van der Waals surface area contributed by atoms with Gasteiger partial charge in [0.05, 0.1) is 20.3 Å². The topological polar surface area (TPSA) is 64.1 Å². The summed E-state index contributed by atoms with van der Waals surface area (Å²) in [7, 11) is 5.04. The third-order valence-electron chi connectivity index (χ3n) is 3.92. The van der Waals surface area contributed by atoms with Crippen LogP contribution in [0.2, 0.25) is 0 Å².